The van der Waals surface area contributed by atoms with Crippen molar-refractivity contribution in [2.75, 3.05) is 19.9 Å². The number of aromatic nitrogens is 3. The van der Waals surface area contributed by atoms with Gasteiger partial charge < -0.3 is 9.64 Å². The maximum Gasteiger partial charge on any atom is 0.233 e. The van der Waals surface area contributed by atoms with Crippen LogP contribution in [-0.4, -0.2) is 45.5 Å². The lowest BCUT2D eigenvalue weighted by Crippen LogP contribution is -2.27. The van der Waals surface area contributed by atoms with Crippen molar-refractivity contribution in [2.45, 2.75) is 11.7 Å². The maximum atomic E-state index is 12.7. The molecule has 6 nitrogen and oxygen atoms in total. The SMILES string of the molecule is COc1ccc(-n2c(SCC(=O)N(C)Cc3cccs3)nnc2-c2ccccc2)cc1Cl. The second kappa shape index (κ2) is 10.2. The zero-order valence-corrected chi connectivity index (χ0v) is 20.0. The van der Waals surface area contributed by atoms with Crippen molar-refractivity contribution >= 4 is 40.6 Å². The number of thioether (sulfide) groups is 1. The molecule has 9 heteroatoms. The molecule has 0 N–H and O–H groups in total. The number of amides is 1. The number of carbonyl (C=O) groups is 1. The molecule has 0 unspecified atom stereocenters. The molecule has 2 heterocycles. The first-order chi connectivity index (χ1) is 15.6. The number of hydrogen-bond donors (Lipinski definition) is 0. The number of hydrogen-bond acceptors (Lipinski definition) is 6. The summed E-state index contributed by atoms with van der Waals surface area (Å²) in [5.74, 6) is 1.53. The molecular formula is C23H21ClN4O2S2. The highest BCUT2D eigenvalue weighted by atomic mass is 35.5. The molecule has 4 aromatic rings. The van der Waals surface area contributed by atoms with E-state index in [2.05, 4.69) is 10.2 Å². The highest BCUT2D eigenvalue weighted by molar-refractivity contribution is 7.99. The minimum atomic E-state index is 0.0203. The normalized spacial score (nSPS) is 10.8. The number of halogens is 1. The van der Waals surface area contributed by atoms with E-state index < -0.39 is 0 Å². The summed E-state index contributed by atoms with van der Waals surface area (Å²) in [7, 11) is 3.39. The smallest absolute Gasteiger partial charge is 0.233 e. The summed E-state index contributed by atoms with van der Waals surface area (Å²) in [6.45, 7) is 0.590. The van der Waals surface area contributed by atoms with E-state index in [0.717, 1.165) is 16.1 Å². The van der Waals surface area contributed by atoms with Gasteiger partial charge in [0.1, 0.15) is 5.75 Å². The number of methoxy groups -OCH3 is 1. The van der Waals surface area contributed by atoms with Crippen LogP contribution in [0.4, 0.5) is 0 Å². The zero-order valence-electron chi connectivity index (χ0n) is 17.6. The number of benzene rings is 2. The molecule has 0 aliphatic heterocycles. The Hall–Kier alpha value is -2.81. The van der Waals surface area contributed by atoms with Crippen LogP contribution in [0.1, 0.15) is 4.88 Å². The van der Waals surface area contributed by atoms with Crippen LogP contribution in [0.25, 0.3) is 17.1 Å². The van der Waals surface area contributed by atoms with Crippen LogP contribution in [0.5, 0.6) is 5.75 Å². The number of rotatable bonds is 8. The molecule has 0 fully saturated rings. The molecular weight excluding hydrogens is 464 g/mol. The first-order valence-electron chi connectivity index (χ1n) is 9.80. The van der Waals surface area contributed by atoms with Crippen LogP contribution in [-0.2, 0) is 11.3 Å². The van der Waals surface area contributed by atoms with Gasteiger partial charge in [-0.1, -0.05) is 59.8 Å². The van der Waals surface area contributed by atoms with Crippen LogP contribution in [0.15, 0.2) is 71.2 Å². The summed E-state index contributed by atoms with van der Waals surface area (Å²) in [5, 5.41) is 11.9. The average molecular weight is 485 g/mol. The molecule has 0 radical (unpaired) electrons. The Kier molecular flexibility index (Phi) is 7.14. The molecule has 0 saturated heterocycles. The lowest BCUT2D eigenvalue weighted by atomic mass is 10.2. The summed E-state index contributed by atoms with van der Waals surface area (Å²) in [6.07, 6.45) is 0. The van der Waals surface area contributed by atoms with E-state index in [9.17, 15) is 4.79 Å². The monoisotopic (exact) mass is 484 g/mol. The summed E-state index contributed by atoms with van der Waals surface area (Å²) in [4.78, 5) is 15.6. The Morgan fingerprint density at radius 1 is 1.16 bits per heavy atom. The molecule has 32 heavy (non-hydrogen) atoms. The second-order valence-electron chi connectivity index (χ2n) is 6.94. The minimum Gasteiger partial charge on any atom is -0.495 e. The highest BCUT2D eigenvalue weighted by Gasteiger charge is 2.19. The van der Waals surface area contributed by atoms with Gasteiger partial charge in [-0.05, 0) is 29.6 Å². The Morgan fingerprint density at radius 3 is 2.66 bits per heavy atom. The van der Waals surface area contributed by atoms with Crippen LogP contribution in [0, 0.1) is 0 Å². The van der Waals surface area contributed by atoms with Gasteiger partial charge in [0.05, 0.1) is 30.1 Å². The average Bonchev–Trinajstić information content (AvgIpc) is 3.47. The quantitative estimate of drug-likeness (QED) is 0.313. The second-order valence-corrected chi connectivity index (χ2v) is 9.33. The molecule has 2 aromatic carbocycles. The van der Waals surface area contributed by atoms with Gasteiger partial charge >= 0.3 is 0 Å². The van der Waals surface area contributed by atoms with Gasteiger partial charge in [-0.25, -0.2) is 0 Å². The minimum absolute atomic E-state index is 0.0203. The van der Waals surface area contributed by atoms with Gasteiger partial charge in [0.15, 0.2) is 11.0 Å². The summed E-state index contributed by atoms with van der Waals surface area (Å²) < 4.78 is 7.20. The van der Waals surface area contributed by atoms with Gasteiger partial charge in [0.2, 0.25) is 5.91 Å². The summed E-state index contributed by atoms with van der Waals surface area (Å²) >= 11 is 9.38. The molecule has 0 saturated carbocycles. The van der Waals surface area contributed by atoms with Crippen molar-refractivity contribution in [2.24, 2.45) is 0 Å². The zero-order chi connectivity index (χ0) is 22.5. The maximum absolute atomic E-state index is 12.7. The van der Waals surface area contributed by atoms with E-state index >= 15 is 0 Å². The highest BCUT2D eigenvalue weighted by Crippen LogP contribution is 2.32. The molecule has 0 atom stereocenters. The van der Waals surface area contributed by atoms with E-state index in [1.165, 1.54) is 11.8 Å². The van der Waals surface area contributed by atoms with Crippen LogP contribution in [0.3, 0.4) is 0 Å². The molecule has 0 bridgehead atoms. The van der Waals surface area contributed by atoms with Crippen molar-refractivity contribution in [1.82, 2.24) is 19.7 Å². The summed E-state index contributed by atoms with van der Waals surface area (Å²) in [5.41, 5.74) is 1.71. The fraction of sp³-hybridized carbons (Fsp3) is 0.174. The third-order valence-electron chi connectivity index (χ3n) is 4.78. The fourth-order valence-electron chi connectivity index (χ4n) is 3.13. The van der Waals surface area contributed by atoms with Gasteiger partial charge in [0, 0.05) is 17.5 Å². The predicted molar refractivity (Wildman–Crippen MR) is 130 cm³/mol. The standard InChI is InChI=1S/C23H21ClN4O2S2/c1-27(14-18-9-6-12-31-18)21(29)15-32-23-26-25-22(16-7-4-3-5-8-16)28(23)17-10-11-20(30-2)19(24)13-17/h3-13H,14-15H2,1-2H3. The Bertz CT molecular complexity index is 1200. The molecule has 0 aliphatic rings. The van der Waals surface area contributed by atoms with E-state index in [4.69, 9.17) is 16.3 Å². The third kappa shape index (κ3) is 4.98. The lowest BCUT2D eigenvalue weighted by Gasteiger charge is -2.16. The number of nitrogens with zero attached hydrogens (tertiary/aromatic N) is 4. The number of ether oxygens (including phenoxy) is 1. The van der Waals surface area contributed by atoms with Crippen molar-refractivity contribution in [1.29, 1.82) is 0 Å². The van der Waals surface area contributed by atoms with Crippen molar-refractivity contribution < 1.29 is 9.53 Å². The van der Waals surface area contributed by atoms with Crippen LogP contribution in [0.2, 0.25) is 5.02 Å². The van der Waals surface area contributed by atoms with E-state index in [0.29, 0.717) is 28.3 Å². The van der Waals surface area contributed by atoms with Gasteiger partial charge in [-0.15, -0.1) is 21.5 Å². The molecule has 0 spiro atoms. The van der Waals surface area contributed by atoms with Crippen molar-refractivity contribution in [3.05, 3.63) is 75.9 Å². The topological polar surface area (TPSA) is 60.2 Å². The molecule has 4 rings (SSSR count). The Balaban J connectivity index is 1.61. The molecule has 164 valence electrons. The Morgan fingerprint density at radius 2 is 1.97 bits per heavy atom. The Labute approximate surface area is 199 Å². The van der Waals surface area contributed by atoms with Crippen molar-refractivity contribution in [3.8, 4) is 22.8 Å². The molecule has 0 aliphatic carbocycles. The first-order valence-corrected chi connectivity index (χ1v) is 12.0. The summed E-state index contributed by atoms with van der Waals surface area (Å²) in [6, 6.07) is 19.3. The van der Waals surface area contributed by atoms with E-state index in [1.54, 1.807) is 29.4 Å². The third-order valence-corrected chi connectivity index (χ3v) is 6.85. The first kappa shape index (κ1) is 22.4. The number of thiophene rings is 1. The van der Waals surface area contributed by atoms with Crippen LogP contribution >= 0.6 is 34.7 Å². The van der Waals surface area contributed by atoms with Gasteiger partial charge in [0.25, 0.3) is 0 Å². The van der Waals surface area contributed by atoms with E-state index in [-0.39, 0.29) is 11.7 Å². The number of carbonyl (C=O) groups excluding carboxylic acids is 1. The fourth-order valence-corrected chi connectivity index (χ4v) is 5.03. The largest absolute Gasteiger partial charge is 0.495 e. The van der Waals surface area contributed by atoms with Gasteiger partial charge in [-0.2, -0.15) is 0 Å². The molecule has 2 aromatic heterocycles. The van der Waals surface area contributed by atoms with Gasteiger partial charge in [-0.3, -0.25) is 9.36 Å². The predicted octanol–water partition coefficient (Wildman–Crippen LogP) is 5.41. The lowest BCUT2D eigenvalue weighted by molar-refractivity contribution is -0.127. The van der Waals surface area contributed by atoms with Crippen molar-refractivity contribution in [3.63, 3.8) is 0 Å². The van der Waals surface area contributed by atoms with Crippen LogP contribution < -0.4 is 4.74 Å². The van der Waals surface area contributed by atoms with E-state index in [1.807, 2.05) is 71.6 Å². The molecule has 1 amide bonds.